The fourth-order valence-electron chi connectivity index (χ4n) is 2.19. The molecule has 0 saturated carbocycles. The molecular formula is C15H23NO4. The molecule has 1 aliphatic heterocycles. The molecule has 20 heavy (non-hydrogen) atoms. The molecule has 112 valence electrons. The molecule has 1 aromatic carbocycles. The van der Waals surface area contributed by atoms with E-state index >= 15 is 0 Å². The third-order valence-electron chi connectivity index (χ3n) is 3.36. The van der Waals surface area contributed by atoms with Crippen molar-refractivity contribution in [3.63, 3.8) is 0 Å². The smallest absolute Gasteiger partial charge is 0.161 e. The van der Waals surface area contributed by atoms with Crippen LogP contribution in [0.25, 0.3) is 0 Å². The molecule has 1 aliphatic rings. The molecule has 0 aliphatic carbocycles. The summed E-state index contributed by atoms with van der Waals surface area (Å²) in [4.78, 5) is 0. The molecule has 0 radical (unpaired) electrons. The van der Waals surface area contributed by atoms with E-state index in [4.69, 9.17) is 14.2 Å². The van der Waals surface area contributed by atoms with Gasteiger partial charge in [0.05, 0.1) is 7.11 Å². The molecule has 1 saturated heterocycles. The Bertz CT molecular complexity index is 393. The van der Waals surface area contributed by atoms with Gasteiger partial charge in [-0.2, -0.15) is 0 Å². The SMILES string of the molecule is COc1ccccc1OCC(O)CNC1CCOCC1. The average Bonchev–Trinajstić information content (AvgIpc) is 2.52. The summed E-state index contributed by atoms with van der Waals surface area (Å²) in [5.74, 6) is 1.33. The van der Waals surface area contributed by atoms with Gasteiger partial charge in [-0.3, -0.25) is 0 Å². The number of rotatable bonds is 7. The highest BCUT2D eigenvalue weighted by atomic mass is 16.5. The van der Waals surface area contributed by atoms with Gasteiger partial charge in [-0.1, -0.05) is 12.1 Å². The normalized spacial score (nSPS) is 17.7. The molecule has 0 aromatic heterocycles. The summed E-state index contributed by atoms with van der Waals surface area (Å²) in [7, 11) is 1.60. The van der Waals surface area contributed by atoms with Gasteiger partial charge in [-0.25, -0.2) is 0 Å². The Labute approximate surface area is 119 Å². The van der Waals surface area contributed by atoms with E-state index in [9.17, 15) is 5.11 Å². The number of hydrogen-bond acceptors (Lipinski definition) is 5. The van der Waals surface area contributed by atoms with Crippen molar-refractivity contribution in [3.8, 4) is 11.5 Å². The summed E-state index contributed by atoms with van der Waals surface area (Å²) in [5.41, 5.74) is 0. The van der Waals surface area contributed by atoms with Crippen LogP contribution in [0.2, 0.25) is 0 Å². The molecule has 5 nitrogen and oxygen atoms in total. The summed E-state index contributed by atoms with van der Waals surface area (Å²) in [6, 6.07) is 7.86. The minimum Gasteiger partial charge on any atom is -0.493 e. The van der Waals surface area contributed by atoms with Crippen molar-refractivity contribution in [2.24, 2.45) is 0 Å². The monoisotopic (exact) mass is 281 g/mol. The van der Waals surface area contributed by atoms with Gasteiger partial charge in [-0.05, 0) is 25.0 Å². The van der Waals surface area contributed by atoms with E-state index < -0.39 is 6.10 Å². The van der Waals surface area contributed by atoms with E-state index in [1.165, 1.54) is 0 Å². The number of ether oxygens (including phenoxy) is 3. The largest absolute Gasteiger partial charge is 0.493 e. The number of benzene rings is 1. The van der Waals surface area contributed by atoms with Crippen LogP contribution in [-0.2, 0) is 4.74 Å². The molecule has 2 N–H and O–H groups in total. The van der Waals surface area contributed by atoms with Crippen LogP contribution in [0.15, 0.2) is 24.3 Å². The molecule has 0 spiro atoms. The molecule has 2 rings (SSSR count). The lowest BCUT2D eigenvalue weighted by Crippen LogP contribution is -2.40. The summed E-state index contributed by atoms with van der Waals surface area (Å²) < 4.78 is 16.1. The lowest BCUT2D eigenvalue weighted by atomic mass is 10.1. The zero-order chi connectivity index (χ0) is 14.2. The fraction of sp³-hybridized carbons (Fsp3) is 0.600. The van der Waals surface area contributed by atoms with Crippen LogP contribution < -0.4 is 14.8 Å². The minimum absolute atomic E-state index is 0.247. The highest BCUT2D eigenvalue weighted by Gasteiger charge is 2.15. The zero-order valence-electron chi connectivity index (χ0n) is 11.9. The Kier molecular flexibility index (Phi) is 6.11. The summed E-state index contributed by atoms with van der Waals surface area (Å²) in [6.45, 7) is 2.37. The first-order valence-electron chi connectivity index (χ1n) is 7.04. The van der Waals surface area contributed by atoms with Crippen molar-refractivity contribution in [1.29, 1.82) is 0 Å². The Morgan fingerprint density at radius 1 is 1.30 bits per heavy atom. The highest BCUT2D eigenvalue weighted by molar-refractivity contribution is 5.39. The predicted octanol–water partition coefficient (Wildman–Crippen LogP) is 1.20. The van der Waals surface area contributed by atoms with Gasteiger partial charge in [0.25, 0.3) is 0 Å². The van der Waals surface area contributed by atoms with Gasteiger partial charge in [0.2, 0.25) is 0 Å². The number of methoxy groups -OCH3 is 1. The van der Waals surface area contributed by atoms with E-state index in [1.807, 2.05) is 24.3 Å². The van der Waals surface area contributed by atoms with E-state index in [1.54, 1.807) is 7.11 Å². The molecule has 1 atom stereocenters. The molecule has 1 heterocycles. The van der Waals surface area contributed by atoms with Crippen molar-refractivity contribution in [2.45, 2.75) is 25.0 Å². The Balaban J connectivity index is 1.70. The van der Waals surface area contributed by atoms with Crippen LogP contribution in [-0.4, -0.2) is 50.7 Å². The second-order valence-corrected chi connectivity index (χ2v) is 4.91. The summed E-state index contributed by atoms with van der Waals surface area (Å²) >= 11 is 0. The number of para-hydroxylation sites is 2. The number of aliphatic hydroxyl groups excluding tert-OH is 1. The Hall–Kier alpha value is -1.30. The summed E-state index contributed by atoms with van der Waals surface area (Å²) in [5, 5.41) is 13.3. The van der Waals surface area contributed by atoms with Crippen LogP contribution in [0, 0.1) is 0 Å². The fourth-order valence-corrected chi connectivity index (χ4v) is 2.19. The van der Waals surface area contributed by atoms with Gasteiger partial charge in [0.15, 0.2) is 11.5 Å². The molecule has 0 amide bonds. The van der Waals surface area contributed by atoms with Crippen LogP contribution in [0.4, 0.5) is 0 Å². The van der Waals surface area contributed by atoms with Crippen molar-refractivity contribution in [3.05, 3.63) is 24.3 Å². The average molecular weight is 281 g/mol. The second kappa shape index (κ2) is 8.09. The molecule has 0 bridgehead atoms. The van der Waals surface area contributed by atoms with E-state index in [0.29, 0.717) is 24.1 Å². The van der Waals surface area contributed by atoms with Crippen molar-refractivity contribution in [1.82, 2.24) is 5.32 Å². The highest BCUT2D eigenvalue weighted by Crippen LogP contribution is 2.25. The zero-order valence-corrected chi connectivity index (χ0v) is 11.9. The number of nitrogens with one attached hydrogen (secondary N) is 1. The Morgan fingerprint density at radius 3 is 2.70 bits per heavy atom. The maximum absolute atomic E-state index is 9.95. The lowest BCUT2D eigenvalue weighted by molar-refractivity contribution is 0.0652. The standard InChI is InChI=1S/C15H23NO4/c1-18-14-4-2-3-5-15(14)20-11-13(17)10-16-12-6-8-19-9-7-12/h2-5,12-13,16-17H,6-11H2,1H3. The molecule has 1 fully saturated rings. The first-order valence-corrected chi connectivity index (χ1v) is 7.04. The van der Waals surface area contributed by atoms with Gasteiger partial charge >= 0.3 is 0 Å². The first kappa shape index (κ1) is 15.1. The number of hydrogen-bond donors (Lipinski definition) is 2. The lowest BCUT2D eigenvalue weighted by Gasteiger charge is -2.24. The van der Waals surface area contributed by atoms with Crippen LogP contribution in [0.5, 0.6) is 11.5 Å². The Morgan fingerprint density at radius 2 is 2.00 bits per heavy atom. The predicted molar refractivity (Wildman–Crippen MR) is 76.3 cm³/mol. The molecule has 1 unspecified atom stereocenters. The topological polar surface area (TPSA) is 60.0 Å². The second-order valence-electron chi connectivity index (χ2n) is 4.91. The third-order valence-corrected chi connectivity index (χ3v) is 3.36. The van der Waals surface area contributed by atoms with Crippen molar-refractivity contribution in [2.75, 3.05) is 33.5 Å². The van der Waals surface area contributed by atoms with Crippen molar-refractivity contribution >= 4 is 0 Å². The van der Waals surface area contributed by atoms with Gasteiger partial charge in [-0.15, -0.1) is 0 Å². The maximum Gasteiger partial charge on any atom is 0.161 e. The molecule has 5 heteroatoms. The van der Waals surface area contributed by atoms with Crippen LogP contribution in [0.1, 0.15) is 12.8 Å². The van der Waals surface area contributed by atoms with Gasteiger partial charge in [0, 0.05) is 25.8 Å². The molecule has 1 aromatic rings. The summed E-state index contributed by atoms with van der Waals surface area (Å²) in [6.07, 6.45) is 1.46. The minimum atomic E-state index is -0.539. The van der Waals surface area contributed by atoms with Gasteiger partial charge in [0.1, 0.15) is 12.7 Å². The van der Waals surface area contributed by atoms with E-state index in [0.717, 1.165) is 26.1 Å². The van der Waals surface area contributed by atoms with Crippen molar-refractivity contribution < 1.29 is 19.3 Å². The van der Waals surface area contributed by atoms with Crippen LogP contribution >= 0.6 is 0 Å². The molecular weight excluding hydrogens is 258 g/mol. The van der Waals surface area contributed by atoms with E-state index in [2.05, 4.69) is 5.32 Å². The van der Waals surface area contributed by atoms with Gasteiger partial charge < -0.3 is 24.6 Å². The number of aliphatic hydroxyl groups is 1. The first-order chi connectivity index (χ1) is 9.79. The van der Waals surface area contributed by atoms with Crippen LogP contribution in [0.3, 0.4) is 0 Å². The third kappa shape index (κ3) is 4.67. The quantitative estimate of drug-likeness (QED) is 0.786. The van der Waals surface area contributed by atoms with E-state index in [-0.39, 0.29) is 6.61 Å². The maximum atomic E-state index is 9.95.